The summed E-state index contributed by atoms with van der Waals surface area (Å²) < 4.78 is 0. The molecule has 0 bridgehead atoms. The Labute approximate surface area is 97.5 Å². The molecule has 0 radical (unpaired) electrons. The van der Waals surface area contributed by atoms with Crippen LogP contribution in [0.5, 0.6) is 0 Å². The molecule has 0 spiro atoms. The SMILES string of the molecule is OC1(CC#Cc2ccccc2)CCCCC1. The van der Waals surface area contributed by atoms with Crippen molar-refractivity contribution in [2.45, 2.75) is 44.1 Å². The van der Waals surface area contributed by atoms with E-state index in [1.54, 1.807) is 0 Å². The van der Waals surface area contributed by atoms with Gasteiger partial charge in [-0.25, -0.2) is 0 Å². The maximum atomic E-state index is 10.2. The third-order valence-corrected chi connectivity index (χ3v) is 3.21. The summed E-state index contributed by atoms with van der Waals surface area (Å²) in [7, 11) is 0. The fraction of sp³-hybridized carbons (Fsp3) is 0.467. The van der Waals surface area contributed by atoms with E-state index in [-0.39, 0.29) is 0 Å². The zero-order chi connectivity index (χ0) is 11.3. The largest absolute Gasteiger partial charge is 0.389 e. The van der Waals surface area contributed by atoms with Crippen LogP contribution in [0.25, 0.3) is 0 Å². The van der Waals surface area contributed by atoms with Crippen LogP contribution < -0.4 is 0 Å². The highest BCUT2D eigenvalue weighted by molar-refractivity contribution is 5.33. The Bertz CT molecular complexity index is 377. The fourth-order valence-corrected chi connectivity index (χ4v) is 2.22. The maximum absolute atomic E-state index is 10.2. The second-order valence-corrected chi connectivity index (χ2v) is 4.63. The van der Waals surface area contributed by atoms with Gasteiger partial charge in [-0.05, 0) is 25.0 Å². The molecule has 1 saturated carbocycles. The van der Waals surface area contributed by atoms with Crippen molar-refractivity contribution in [1.82, 2.24) is 0 Å². The third kappa shape index (κ3) is 3.12. The lowest BCUT2D eigenvalue weighted by molar-refractivity contribution is 0.00895. The van der Waals surface area contributed by atoms with E-state index in [2.05, 4.69) is 11.8 Å². The Hall–Kier alpha value is -1.26. The molecule has 0 aromatic heterocycles. The topological polar surface area (TPSA) is 20.2 Å². The van der Waals surface area contributed by atoms with Crippen molar-refractivity contribution in [2.24, 2.45) is 0 Å². The van der Waals surface area contributed by atoms with Crippen LogP contribution in [0.15, 0.2) is 30.3 Å². The average Bonchev–Trinajstić information content (AvgIpc) is 2.31. The van der Waals surface area contributed by atoms with Crippen LogP contribution in [0.4, 0.5) is 0 Å². The van der Waals surface area contributed by atoms with Gasteiger partial charge in [0, 0.05) is 12.0 Å². The van der Waals surface area contributed by atoms with Crippen molar-refractivity contribution >= 4 is 0 Å². The molecule has 1 fully saturated rings. The van der Waals surface area contributed by atoms with Crippen LogP contribution >= 0.6 is 0 Å². The van der Waals surface area contributed by atoms with Crippen molar-refractivity contribution in [3.63, 3.8) is 0 Å². The van der Waals surface area contributed by atoms with E-state index >= 15 is 0 Å². The van der Waals surface area contributed by atoms with Crippen LogP contribution in [0.2, 0.25) is 0 Å². The van der Waals surface area contributed by atoms with E-state index in [0.29, 0.717) is 6.42 Å². The van der Waals surface area contributed by atoms with Gasteiger partial charge in [-0.3, -0.25) is 0 Å². The predicted molar refractivity (Wildman–Crippen MR) is 66.0 cm³/mol. The number of rotatable bonds is 1. The van der Waals surface area contributed by atoms with E-state index in [0.717, 1.165) is 31.2 Å². The zero-order valence-electron chi connectivity index (χ0n) is 9.58. The number of benzene rings is 1. The molecular formula is C15H18O. The highest BCUT2D eigenvalue weighted by atomic mass is 16.3. The van der Waals surface area contributed by atoms with Crippen LogP contribution in [-0.2, 0) is 0 Å². The monoisotopic (exact) mass is 214 g/mol. The van der Waals surface area contributed by atoms with Gasteiger partial charge in [-0.15, -0.1) is 0 Å². The van der Waals surface area contributed by atoms with Gasteiger partial charge >= 0.3 is 0 Å². The highest BCUT2D eigenvalue weighted by Gasteiger charge is 2.27. The van der Waals surface area contributed by atoms with Crippen molar-refractivity contribution in [3.8, 4) is 11.8 Å². The molecule has 1 aromatic carbocycles. The molecule has 84 valence electrons. The second kappa shape index (κ2) is 5.18. The number of hydrogen-bond acceptors (Lipinski definition) is 1. The molecular weight excluding hydrogens is 196 g/mol. The Kier molecular flexibility index (Phi) is 3.64. The summed E-state index contributed by atoms with van der Waals surface area (Å²) in [6.45, 7) is 0. The first kappa shape index (κ1) is 11.2. The first-order chi connectivity index (χ1) is 7.79. The molecule has 1 N–H and O–H groups in total. The summed E-state index contributed by atoms with van der Waals surface area (Å²) >= 11 is 0. The number of aliphatic hydroxyl groups is 1. The summed E-state index contributed by atoms with van der Waals surface area (Å²) in [5.41, 5.74) is 0.516. The summed E-state index contributed by atoms with van der Waals surface area (Å²) in [4.78, 5) is 0. The van der Waals surface area contributed by atoms with Crippen molar-refractivity contribution in [1.29, 1.82) is 0 Å². The standard InChI is InChI=1S/C15H18O/c16-15(11-5-2-6-12-15)13-7-10-14-8-3-1-4-9-14/h1,3-4,8-9,16H,2,5-6,11-13H2. The van der Waals surface area contributed by atoms with Crippen molar-refractivity contribution < 1.29 is 5.11 Å². The van der Waals surface area contributed by atoms with Gasteiger partial charge in [-0.1, -0.05) is 49.3 Å². The van der Waals surface area contributed by atoms with Crippen molar-refractivity contribution in [2.75, 3.05) is 0 Å². The smallest absolute Gasteiger partial charge is 0.0756 e. The summed E-state index contributed by atoms with van der Waals surface area (Å²) in [6, 6.07) is 9.95. The van der Waals surface area contributed by atoms with E-state index < -0.39 is 5.60 Å². The Balaban J connectivity index is 1.94. The molecule has 0 aliphatic heterocycles. The quantitative estimate of drug-likeness (QED) is 0.712. The van der Waals surface area contributed by atoms with Gasteiger partial charge in [0.25, 0.3) is 0 Å². The van der Waals surface area contributed by atoms with Crippen LogP contribution in [-0.4, -0.2) is 10.7 Å². The van der Waals surface area contributed by atoms with Gasteiger partial charge in [0.05, 0.1) is 5.60 Å². The van der Waals surface area contributed by atoms with E-state index in [1.807, 2.05) is 30.3 Å². The minimum atomic E-state index is -0.514. The predicted octanol–water partition coefficient (Wildman–Crippen LogP) is 3.12. The first-order valence-electron chi connectivity index (χ1n) is 6.05. The molecule has 1 heteroatoms. The first-order valence-corrected chi connectivity index (χ1v) is 6.05. The molecule has 1 aliphatic carbocycles. The Morgan fingerprint density at radius 3 is 2.44 bits per heavy atom. The van der Waals surface area contributed by atoms with Crippen LogP contribution in [0, 0.1) is 11.8 Å². The summed E-state index contributed by atoms with van der Waals surface area (Å²) in [5.74, 6) is 6.22. The third-order valence-electron chi connectivity index (χ3n) is 3.21. The Morgan fingerprint density at radius 1 is 1.06 bits per heavy atom. The molecule has 0 amide bonds. The summed E-state index contributed by atoms with van der Waals surface area (Å²) in [6.07, 6.45) is 5.98. The van der Waals surface area contributed by atoms with Gasteiger partial charge < -0.3 is 5.11 Å². The normalized spacial score (nSPS) is 18.6. The number of hydrogen-bond donors (Lipinski definition) is 1. The minimum absolute atomic E-state index is 0.514. The average molecular weight is 214 g/mol. The lowest BCUT2D eigenvalue weighted by Crippen LogP contribution is -2.30. The molecule has 1 nitrogen and oxygen atoms in total. The van der Waals surface area contributed by atoms with Gasteiger partial charge in [0.2, 0.25) is 0 Å². The lowest BCUT2D eigenvalue weighted by Gasteiger charge is -2.30. The Morgan fingerprint density at radius 2 is 1.75 bits per heavy atom. The molecule has 0 saturated heterocycles. The van der Waals surface area contributed by atoms with Crippen molar-refractivity contribution in [3.05, 3.63) is 35.9 Å². The van der Waals surface area contributed by atoms with Crippen LogP contribution in [0.1, 0.15) is 44.1 Å². The zero-order valence-corrected chi connectivity index (χ0v) is 9.58. The fourth-order valence-electron chi connectivity index (χ4n) is 2.22. The molecule has 2 rings (SSSR count). The second-order valence-electron chi connectivity index (χ2n) is 4.63. The maximum Gasteiger partial charge on any atom is 0.0756 e. The molecule has 0 unspecified atom stereocenters. The molecule has 0 atom stereocenters. The van der Waals surface area contributed by atoms with Gasteiger partial charge in [0.15, 0.2) is 0 Å². The molecule has 0 heterocycles. The van der Waals surface area contributed by atoms with E-state index in [9.17, 15) is 5.11 Å². The summed E-state index contributed by atoms with van der Waals surface area (Å²) in [5, 5.41) is 10.2. The van der Waals surface area contributed by atoms with Crippen LogP contribution in [0.3, 0.4) is 0 Å². The molecule has 1 aromatic rings. The lowest BCUT2D eigenvalue weighted by atomic mass is 9.83. The van der Waals surface area contributed by atoms with Gasteiger partial charge in [-0.2, -0.15) is 0 Å². The molecule has 16 heavy (non-hydrogen) atoms. The van der Waals surface area contributed by atoms with Gasteiger partial charge in [0.1, 0.15) is 0 Å². The van der Waals surface area contributed by atoms with E-state index in [4.69, 9.17) is 0 Å². The van der Waals surface area contributed by atoms with E-state index in [1.165, 1.54) is 6.42 Å². The minimum Gasteiger partial charge on any atom is -0.389 e. The highest BCUT2D eigenvalue weighted by Crippen LogP contribution is 2.30. The molecule has 1 aliphatic rings.